The van der Waals surface area contributed by atoms with Crippen LogP contribution in [0.25, 0.3) is 11.0 Å². The maximum absolute atomic E-state index is 14.2. The third kappa shape index (κ3) is 3.51. The summed E-state index contributed by atoms with van der Waals surface area (Å²) in [7, 11) is 0. The number of anilines is 3. The van der Waals surface area contributed by atoms with E-state index in [1.165, 1.54) is 12.5 Å². The number of aromatic amines is 1. The van der Waals surface area contributed by atoms with Gasteiger partial charge in [-0.05, 0) is 12.1 Å². The Morgan fingerprint density at radius 2 is 2.04 bits per heavy atom. The van der Waals surface area contributed by atoms with E-state index < -0.39 is 40.3 Å². The monoisotopic (exact) mass is 369 g/mol. The summed E-state index contributed by atoms with van der Waals surface area (Å²) >= 11 is -2.57. The van der Waals surface area contributed by atoms with Gasteiger partial charge in [-0.15, -0.1) is 0 Å². The van der Waals surface area contributed by atoms with Crippen LogP contribution in [-0.2, 0) is 11.3 Å². The van der Waals surface area contributed by atoms with Crippen LogP contribution < -0.4 is 15.4 Å². The van der Waals surface area contributed by atoms with Crippen LogP contribution in [0.1, 0.15) is 0 Å². The fourth-order valence-corrected chi connectivity index (χ4v) is 2.30. The molecule has 1 atom stereocenters. The first-order valence-electron chi connectivity index (χ1n) is 6.53. The largest absolute Gasteiger partial charge is 0.325 e. The first-order chi connectivity index (χ1) is 12.0. The minimum Gasteiger partial charge on any atom is -0.302 e. The molecular weight excluding hydrogens is 360 g/mol. The maximum atomic E-state index is 14.2. The van der Waals surface area contributed by atoms with Crippen molar-refractivity contribution in [2.24, 2.45) is 0 Å². The molecule has 1 aromatic carbocycles. The summed E-state index contributed by atoms with van der Waals surface area (Å²) in [6, 6.07) is 0.759. The van der Waals surface area contributed by atoms with E-state index in [-0.39, 0.29) is 5.82 Å². The van der Waals surface area contributed by atoms with Crippen molar-refractivity contribution in [2.45, 2.75) is 0 Å². The van der Waals surface area contributed by atoms with Crippen LogP contribution in [0, 0.1) is 11.6 Å². The van der Waals surface area contributed by atoms with Crippen LogP contribution in [0.3, 0.4) is 0 Å². The normalized spacial score (nSPS) is 12.0. The van der Waals surface area contributed by atoms with Crippen molar-refractivity contribution in [1.82, 2.24) is 20.2 Å². The molecule has 0 bridgehead atoms. The van der Waals surface area contributed by atoms with Gasteiger partial charge < -0.3 is 5.32 Å². The molecule has 10 nitrogen and oxygen atoms in total. The molecule has 2 aromatic heterocycles. The number of hydrogen-bond donors (Lipinski definition) is 5. The number of aromatic nitrogens is 4. The lowest BCUT2D eigenvalue weighted by Crippen LogP contribution is -2.22. The number of benzene rings is 1. The first kappa shape index (κ1) is 16.7. The van der Waals surface area contributed by atoms with Crippen LogP contribution in [-0.4, -0.2) is 35.0 Å². The molecule has 0 spiro atoms. The molecule has 3 aromatic rings. The molecule has 25 heavy (non-hydrogen) atoms. The SMILES string of the molecule is O=C(Nc1c(F)ccc(NS(=O)O)c1F)Nc1ncnc2[nH]ncc12. The third-order valence-corrected chi connectivity index (χ3v) is 3.40. The molecule has 5 N–H and O–H groups in total. The molecule has 2 heterocycles. The highest BCUT2D eigenvalue weighted by atomic mass is 32.2. The molecule has 13 heteroatoms. The summed E-state index contributed by atoms with van der Waals surface area (Å²) in [5.74, 6) is -2.24. The minimum atomic E-state index is -2.57. The van der Waals surface area contributed by atoms with E-state index in [1.54, 1.807) is 0 Å². The highest BCUT2D eigenvalue weighted by Crippen LogP contribution is 2.26. The van der Waals surface area contributed by atoms with E-state index in [0.717, 1.165) is 12.1 Å². The second-order valence-electron chi connectivity index (χ2n) is 4.57. The predicted molar refractivity (Wildman–Crippen MR) is 85.1 cm³/mol. The van der Waals surface area contributed by atoms with Gasteiger partial charge in [0, 0.05) is 0 Å². The number of fused-ring (bicyclic) bond motifs is 1. The van der Waals surface area contributed by atoms with Crippen molar-refractivity contribution in [3.8, 4) is 0 Å². The topological polar surface area (TPSA) is 145 Å². The molecule has 0 aliphatic carbocycles. The van der Waals surface area contributed by atoms with Gasteiger partial charge in [0.15, 0.2) is 11.5 Å². The summed E-state index contributed by atoms with van der Waals surface area (Å²) in [6.45, 7) is 0. The summed E-state index contributed by atoms with van der Waals surface area (Å²) in [6.07, 6.45) is 2.53. The zero-order valence-electron chi connectivity index (χ0n) is 12.1. The minimum absolute atomic E-state index is 0.0720. The van der Waals surface area contributed by atoms with Gasteiger partial charge in [0.05, 0.1) is 17.3 Å². The van der Waals surface area contributed by atoms with Gasteiger partial charge in [-0.2, -0.15) is 5.10 Å². The molecular formula is C12H9F2N7O3S. The quantitative estimate of drug-likeness (QED) is 0.444. The number of hydrogen-bond acceptors (Lipinski definition) is 5. The Hall–Kier alpha value is -3.19. The van der Waals surface area contributed by atoms with E-state index in [1.807, 2.05) is 10.0 Å². The van der Waals surface area contributed by atoms with Gasteiger partial charge in [-0.3, -0.25) is 19.7 Å². The van der Waals surface area contributed by atoms with Crippen LogP contribution in [0.15, 0.2) is 24.7 Å². The van der Waals surface area contributed by atoms with Crippen molar-refractivity contribution in [3.63, 3.8) is 0 Å². The highest BCUT2D eigenvalue weighted by Gasteiger charge is 2.18. The Labute approximate surface area is 140 Å². The Morgan fingerprint density at radius 3 is 2.80 bits per heavy atom. The molecule has 0 saturated carbocycles. The predicted octanol–water partition coefficient (Wildman–Crippen LogP) is 1.82. The Balaban J connectivity index is 1.83. The highest BCUT2D eigenvalue weighted by molar-refractivity contribution is 7.80. The number of carbonyl (C=O) groups excluding carboxylic acids is 1. The van der Waals surface area contributed by atoms with Crippen molar-refractivity contribution < 1.29 is 22.3 Å². The number of nitrogens with zero attached hydrogens (tertiary/aromatic N) is 3. The number of rotatable bonds is 4. The standard InChI is InChI=1S/C12H9F2N7O3S/c13-6-1-2-7(21-25(23)24)8(14)9(6)18-12(22)19-10-5-3-17-20-11(5)16-4-15-10/h1-4,21H,(H,23,24)(H3,15,16,17,18,19,20,22). The summed E-state index contributed by atoms with van der Waals surface area (Å²) in [5.41, 5.74) is -0.901. The number of carbonyl (C=O) groups is 1. The molecule has 0 fully saturated rings. The number of urea groups is 1. The van der Waals surface area contributed by atoms with Crippen LogP contribution in [0.2, 0.25) is 0 Å². The number of H-pyrrole nitrogens is 1. The third-order valence-electron chi connectivity index (χ3n) is 3.01. The lowest BCUT2D eigenvalue weighted by molar-refractivity contribution is 0.262. The summed E-state index contributed by atoms with van der Waals surface area (Å²) in [5, 5.41) is 11.0. The van der Waals surface area contributed by atoms with Gasteiger partial charge in [-0.25, -0.2) is 27.8 Å². The Bertz CT molecular complexity index is 980. The summed E-state index contributed by atoms with van der Waals surface area (Å²) < 4.78 is 49.2. The first-order valence-corrected chi connectivity index (χ1v) is 7.64. The molecule has 0 aliphatic rings. The number of halogens is 2. The zero-order chi connectivity index (χ0) is 18.0. The van der Waals surface area contributed by atoms with Crippen molar-refractivity contribution >= 4 is 45.5 Å². The molecule has 0 saturated heterocycles. The second kappa shape index (κ2) is 6.74. The van der Waals surface area contributed by atoms with E-state index >= 15 is 0 Å². The van der Waals surface area contributed by atoms with Crippen molar-refractivity contribution in [1.29, 1.82) is 0 Å². The van der Waals surface area contributed by atoms with Crippen LogP contribution in [0.5, 0.6) is 0 Å². The zero-order valence-corrected chi connectivity index (χ0v) is 12.9. The smallest absolute Gasteiger partial charge is 0.302 e. The van der Waals surface area contributed by atoms with Crippen molar-refractivity contribution in [2.75, 3.05) is 15.4 Å². The number of nitrogens with one attached hydrogen (secondary N) is 4. The molecule has 0 aliphatic heterocycles. The van der Waals surface area contributed by atoms with E-state index in [9.17, 15) is 17.8 Å². The molecule has 0 radical (unpaired) electrons. The van der Waals surface area contributed by atoms with Crippen molar-refractivity contribution in [3.05, 3.63) is 36.3 Å². The fraction of sp³-hybridized carbons (Fsp3) is 0. The molecule has 2 amide bonds. The lowest BCUT2D eigenvalue weighted by Gasteiger charge is -2.11. The summed E-state index contributed by atoms with van der Waals surface area (Å²) in [4.78, 5) is 19.7. The number of amides is 2. The average Bonchev–Trinajstić information content (AvgIpc) is 3.03. The lowest BCUT2D eigenvalue weighted by atomic mass is 10.2. The van der Waals surface area contributed by atoms with Crippen LogP contribution in [0.4, 0.5) is 30.8 Å². The molecule has 3 rings (SSSR count). The average molecular weight is 369 g/mol. The Morgan fingerprint density at radius 1 is 1.24 bits per heavy atom. The van der Waals surface area contributed by atoms with E-state index in [2.05, 4.69) is 25.5 Å². The second-order valence-corrected chi connectivity index (χ2v) is 5.27. The van der Waals surface area contributed by atoms with E-state index in [4.69, 9.17) is 4.55 Å². The molecule has 130 valence electrons. The van der Waals surface area contributed by atoms with Gasteiger partial charge in [0.25, 0.3) is 11.3 Å². The van der Waals surface area contributed by atoms with Gasteiger partial charge in [0.1, 0.15) is 23.6 Å². The van der Waals surface area contributed by atoms with E-state index in [0.29, 0.717) is 11.0 Å². The van der Waals surface area contributed by atoms with Gasteiger partial charge in [-0.1, -0.05) is 0 Å². The molecule has 1 unspecified atom stereocenters. The van der Waals surface area contributed by atoms with Gasteiger partial charge in [0.2, 0.25) is 0 Å². The fourth-order valence-electron chi connectivity index (χ4n) is 1.96. The van der Waals surface area contributed by atoms with Crippen LogP contribution >= 0.6 is 0 Å². The van der Waals surface area contributed by atoms with Gasteiger partial charge >= 0.3 is 6.03 Å². The maximum Gasteiger partial charge on any atom is 0.325 e. The Kier molecular flexibility index (Phi) is 4.49.